The van der Waals surface area contributed by atoms with E-state index < -0.39 is 5.97 Å². The second-order valence-corrected chi connectivity index (χ2v) is 6.61. The quantitative estimate of drug-likeness (QED) is 0.856. The van der Waals surface area contributed by atoms with Gasteiger partial charge in [0.1, 0.15) is 0 Å². The van der Waals surface area contributed by atoms with Gasteiger partial charge in [-0.05, 0) is 29.7 Å². The Kier molecular flexibility index (Phi) is 5.39. The number of hydrogen-bond donors (Lipinski definition) is 2. The number of amides is 1. The maximum absolute atomic E-state index is 12.2. The highest BCUT2D eigenvalue weighted by Crippen LogP contribution is 2.25. The van der Waals surface area contributed by atoms with Crippen LogP contribution in [0.15, 0.2) is 48.5 Å². The fourth-order valence-electron chi connectivity index (χ4n) is 2.87. The number of carboxylic acid groups (broad SMARTS) is 1. The van der Waals surface area contributed by atoms with Crippen LogP contribution in [0.5, 0.6) is 0 Å². The van der Waals surface area contributed by atoms with E-state index in [4.69, 9.17) is 0 Å². The van der Waals surface area contributed by atoms with Crippen LogP contribution in [0.1, 0.15) is 40.9 Å². The molecule has 126 valence electrons. The zero-order valence-electron chi connectivity index (χ0n) is 14.3. The largest absolute Gasteiger partial charge is 0.478 e. The van der Waals surface area contributed by atoms with Crippen molar-refractivity contribution in [2.24, 2.45) is 0 Å². The predicted octanol–water partition coefficient (Wildman–Crippen LogP) is 3.33. The predicted molar refractivity (Wildman–Crippen MR) is 94.3 cm³/mol. The second-order valence-electron chi connectivity index (χ2n) is 6.61. The topological polar surface area (TPSA) is 66.4 Å². The summed E-state index contributed by atoms with van der Waals surface area (Å²) in [6.07, 6.45) is 0.0618. The van der Waals surface area contributed by atoms with Gasteiger partial charge in [0, 0.05) is 12.0 Å². The molecular weight excluding hydrogens is 302 g/mol. The van der Waals surface area contributed by atoms with Crippen LogP contribution < -0.4 is 5.32 Å². The first kappa shape index (κ1) is 17.7. The van der Waals surface area contributed by atoms with Gasteiger partial charge in [-0.25, -0.2) is 4.79 Å². The lowest BCUT2D eigenvalue weighted by molar-refractivity contribution is -0.120. The SMILES string of the molecule is Cc1ccccc1C(C)(C)CNC(=O)Cc1ccccc1C(=O)O. The minimum atomic E-state index is -1.02. The van der Waals surface area contributed by atoms with Crippen molar-refractivity contribution in [2.45, 2.75) is 32.6 Å². The lowest BCUT2D eigenvalue weighted by atomic mass is 9.82. The van der Waals surface area contributed by atoms with E-state index in [0.29, 0.717) is 12.1 Å². The molecule has 1 amide bonds. The van der Waals surface area contributed by atoms with E-state index in [2.05, 4.69) is 38.2 Å². The number of hydrogen-bond acceptors (Lipinski definition) is 2. The van der Waals surface area contributed by atoms with Crippen LogP contribution in [-0.2, 0) is 16.6 Å². The van der Waals surface area contributed by atoms with Gasteiger partial charge >= 0.3 is 5.97 Å². The Morgan fingerprint density at radius 1 is 1.04 bits per heavy atom. The van der Waals surface area contributed by atoms with Crippen LogP contribution in [0.3, 0.4) is 0 Å². The molecule has 2 aromatic rings. The first-order valence-electron chi connectivity index (χ1n) is 7.95. The summed E-state index contributed by atoms with van der Waals surface area (Å²) in [5, 5.41) is 12.1. The lowest BCUT2D eigenvalue weighted by Gasteiger charge is -2.27. The Balaban J connectivity index is 2.04. The number of aryl methyl sites for hydroxylation is 1. The molecule has 0 saturated carbocycles. The number of rotatable bonds is 6. The first-order chi connectivity index (χ1) is 11.3. The molecule has 0 atom stereocenters. The Bertz CT molecular complexity index is 750. The highest BCUT2D eigenvalue weighted by Gasteiger charge is 2.23. The van der Waals surface area contributed by atoms with Crippen LogP contribution in [0, 0.1) is 6.92 Å². The minimum absolute atomic E-state index is 0.0618. The Labute approximate surface area is 142 Å². The molecule has 0 radical (unpaired) electrons. The zero-order chi connectivity index (χ0) is 17.7. The molecule has 4 nitrogen and oxygen atoms in total. The van der Waals surface area contributed by atoms with Gasteiger partial charge in [0.15, 0.2) is 0 Å². The van der Waals surface area contributed by atoms with Gasteiger partial charge in [-0.15, -0.1) is 0 Å². The van der Waals surface area contributed by atoms with Crippen LogP contribution in [-0.4, -0.2) is 23.5 Å². The van der Waals surface area contributed by atoms with Crippen molar-refractivity contribution in [2.75, 3.05) is 6.54 Å². The molecule has 0 aliphatic heterocycles. The van der Waals surface area contributed by atoms with Crippen molar-refractivity contribution in [3.63, 3.8) is 0 Å². The molecule has 0 fully saturated rings. The van der Waals surface area contributed by atoms with Gasteiger partial charge in [-0.1, -0.05) is 56.3 Å². The normalized spacial score (nSPS) is 11.1. The zero-order valence-corrected chi connectivity index (χ0v) is 14.3. The fraction of sp³-hybridized carbons (Fsp3) is 0.300. The highest BCUT2D eigenvalue weighted by molar-refractivity contribution is 5.91. The van der Waals surface area contributed by atoms with E-state index in [0.717, 1.165) is 0 Å². The molecule has 0 bridgehead atoms. The number of carbonyl (C=O) groups excluding carboxylic acids is 1. The summed E-state index contributed by atoms with van der Waals surface area (Å²) >= 11 is 0. The Morgan fingerprint density at radius 2 is 1.67 bits per heavy atom. The van der Waals surface area contributed by atoms with E-state index in [-0.39, 0.29) is 23.3 Å². The summed E-state index contributed by atoms with van der Waals surface area (Å²) in [5.74, 6) is -1.19. The maximum Gasteiger partial charge on any atom is 0.335 e. The van der Waals surface area contributed by atoms with Gasteiger partial charge in [0.25, 0.3) is 0 Å². The molecule has 0 aliphatic rings. The summed E-state index contributed by atoms with van der Waals surface area (Å²) in [6, 6.07) is 14.7. The van der Waals surface area contributed by atoms with Gasteiger partial charge in [-0.2, -0.15) is 0 Å². The van der Waals surface area contributed by atoms with Crippen molar-refractivity contribution in [1.82, 2.24) is 5.32 Å². The Morgan fingerprint density at radius 3 is 2.33 bits per heavy atom. The third-order valence-corrected chi connectivity index (χ3v) is 4.20. The fourth-order valence-corrected chi connectivity index (χ4v) is 2.87. The number of carbonyl (C=O) groups is 2. The van der Waals surface area contributed by atoms with Gasteiger partial charge in [0.2, 0.25) is 5.91 Å². The summed E-state index contributed by atoms with van der Waals surface area (Å²) < 4.78 is 0. The van der Waals surface area contributed by atoms with Gasteiger partial charge in [-0.3, -0.25) is 4.79 Å². The molecule has 0 aromatic heterocycles. The van der Waals surface area contributed by atoms with E-state index in [1.807, 2.05) is 12.1 Å². The molecule has 0 unspecified atom stereocenters. The molecule has 0 aliphatic carbocycles. The summed E-state index contributed by atoms with van der Waals surface area (Å²) in [4.78, 5) is 23.5. The molecule has 0 saturated heterocycles. The summed E-state index contributed by atoms with van der Waals surface area (Å²) in [7, 11) is 0. The molecule has 2 N–H and O–H groups in total. The molecule has 24 heavy (non-hydrogen) atoms. The molecule has 2 aromatic carbocycles. The average molecular weight is 325 g/mol. The smallest absolute Gasteiger partial charge is 0.335 e. The van der Waals surface area contributed by atoms with Crippen LogP contribution in [0.25, 0.3) is 0 Å². The lowest BCUT2D eigenvalue weighted by Crippen LogP contribution is -2.38. The molecule has 0 heterocycles. The van der Waals surface area contributed by atoms with Crippen LogP contribution >= 0.6 is 0 Å². The number of carboxylic acids is 1. The standard InChI is InChI=1S/C20H23NO3/c1-14-8-4-7-11-17(14)20(2,3)13-21-18(22)12-15-9-5-6-10-16(15)19(23)24/h4-11H,12-13H2,1-3H3,(H,21,22)(H,23,24). The highest BCUT2D eigenvalue weighted by atomic mass is 16.4. The van der Waals surface area contributed by atoms with Crippen molar-refractivity contribution >= 4 is 11.9 Å². The third-order valence-electron chi connectivity index (χ3n) is 4.20. The number of nitrogens with one attached hydrogen (secondary N) is 1. The maximum atomic E-state index is 12.2. The third kappa shape index (κ3) is 4.22. The Hall–Kier alpha value is -2.62. The average Bonchev–Trinajstić information content (AvgIpc) is 2.53. The van der Waals surface area contributed by atoms with E-state index in [1.54, 1.807) is 18.2 Å². The molecule has 4 heteroatoms. The molecular formula is C20H23NO3. The van der Waals surface area contributed by atoms with Crippen molar-refractivity contribution < 1.29 is 14.7 Å². The number of aromatic carboxylic acids is 1. The molecule has 2 rings (SSSR count). The van der Waals surface area contributed by atoms with Crippen LogP contribution in [0.4, 0.5) is 0 Å². The van der Waals surface area contributed by atoms with Crippen molar-refractivity contribution in [3.8, 4) is 0 Å². The van der Waals surface area contributed by atoms with Crippen molar-refractivity contribution in [3.05, 3.63) is 70.8 Å². The van der Waals surface area contributed by atoms with E-state index in [9.17, 15) is 14.7 Å². The monoisotopic (exact) mass is 325 g/mol. The van der Waals surface area contributed by atoms with E-state index in [1.165, 1.54) is 17.2 Å². The van der Waals surface area contributed by atoms with Crippen molar-refractivity contribution in [1.29, 1.82) is 0 Å². The first-order valence-corrected chi connectivity index (χ1v) is 7.95. The second kappa shape index (κ2) is 7.30. The van der Waals surface area contributed by atoms with Crippen LogP contribution in [0.2, 0.25) is 0 Å². The van der Waals surface area contributed by atoms with E-state index >= 15 is 0 Å². The minimum Gasteiger partial charge on any atom is -0.478 e. The van der Waals surface area contributed by atoms with Gasteiger partial charge < -0.3 is 10.4 Å². The number of benzene rings is 2. The summed E-state index contributed by atoms with van der Waals surface area (Å²) in [5.41, 5.74) is 2.87. The van der Waals surface area contributed by atoms with Gasteiger partial charge in [0.05, 0.1) is 12.0 Å². The molecule has 0 spiro atoms. The summed E-state index contributed by atoms with van der Waals surface area (Å²) in [6.45, 7) is 6.72.